The Balaban J connectivity index is 2.80. The van der Waals surface area contributed by atoms with Crippen LogP contribution in [0.1, 0.15) is 5.56 Å². The van der Waals surface area contributed by atoms with Crippen molar-refractivity contribution in [2.45, 2.75) is 13.2 Å². The predicted molar refractivity (Wildman–Crippen MR) is 61.1 cm³/mol. The molecule has 0 saturated heterocycles. The smallest absolute Gasteiger partial charge is 0.311 e. The van der Waals surface area contributed by atoms with Crippen LogP contribution in [0.2, 0.25) is 0 Å². The van der Waals surface area contributed by atoms with Gasteiger partial charge in [-0.3, -0.25) is 10.1 Å². The third-order valence-electron chi connectivity index (χ3n) is 2.21. The van der Waals surface area contributed by atoms with Crippen LogP contribution >= 0.6 is 0 Å². The summed E-state index contributed by atoms with van der Waals surface area (Å²) in [5, 5.41) is 10.8. The maximum absolute atomic E-state index is 10.8. The average molecular weight is 241 g/mol. The van der Waals surface area contributed by atoms with Crippen molar-refractivity contribution in [1.29, 1.82) is 0 Å². The quantitative estimate of drug-likeness (QED) is 0.432. The van der Waals surface area contributed by atoms with Gasteiger partial charge in [0.25, 0.3) is 0 Å². The highest BCUT2D eigenvalue weighted by atomic mass is 16.7. The molecule has 0 aliphatic carbocycles. The number of hydrogen-bond acceptors (Lipinski definition) is 5. The highest BCUT2D eigenvalue weighted by Gasteiger charge is 2.16. The van der Waals surface area contributed by atoms with Gasteiger partial charge in [0, 0.05) is 20.3 Å². The van der Waals surface area contributed by atoms with Crippen molar-refractivity contribution in [3.63, 3.8) is 0 Å². The van der Waals surface area contributed by atoms with E-state index in [2.05, 4.69) is 0 Å². The lowest BCUT2D eigenvalue weighted by Gasteiger charge is -2.14. The Labute approximate surface area is 99.2 Å². The summed E-state index contributed by atoms with van der Waals surface area (Å²) < 4.78 is 15.2. The summed E-state index contributed by atoms with van der Waals surface area (Å²) in [5.74, 6) is 0.208. The standard InChI is InChI=1S/C11H15NO5/c1-8-4-5-10(9(6-8)12(13)14)17-7-11(15-2)16-3/h4-6,11H,7H2,1-3H3. The number of ether oxygens (including phenoxy) is 3. The van der Waals surface area contributed by atoms with Gasteiger partial charge < -0.3 is 14.2 Å². The molecular weight excluding hydrogens is 226 g/mol. The second-order valence-electron chi connectivity index (χ2n) is 3.44. The summed E-state index contributed by atoms with van der Waals surface area (Å²) in [7, 11) is 2.95. The first kappa shape index (κ1) is 13.4. The van der Waals surface area contributed by atoms with Crippen molar-refractivity contribution < 1.29 is 19.1 Å². The van der Waals surface area contributed by atoms with E-state index in [1.165, 1.54) is 20.3 Å². The second-order valence-corrected chi connectivity index (χ2v) is 3.44. The van der Waals surface area contributed by atoms with Crippen molar-refractivity contribution in [3.8, 4) is 5.75 Å². The molecule has 17 heavy (non-hydrogen) atoms. The van der Waals surface area contributed by atoms with E-state index < -0.39 is 11.2 Å². The minimum absolute atomic E-state index is 0.0593. The Morgan fingerprint density at radius 3 is 2.53 bits per heavy atom. The number of rotatable bonds is 6. The van der Waals surface area contributed by atoms with E-state index in [9.17, 15) is 10.1 Å². The number of hydrogen-bond donors (Lipinski definition) is 0. The molecule has 0 amide bonds. The normalized spacial score (nSPS) is 10.6. The van der Waals surface area contributed by atoms with Crippen LogP contribution in [-0.2, 0) is 9.47 Å². The van der Waals surface area contributed by atoms with Crippen LogP contribution in [0.5, 0.6) is 5.75 Å². The monoisotopic (exact) mass is 241 g/mol. The van der Waals surface area contributed by atoms with E-state index >= 15 is 0 Å². The molecule has 0 saturated carbocycles. The zero-order valence-corrected chi connectivity index (χ0v) is 10.0. The maximum Gasteiger partial charge on any atom is 0.311 e. The highest BCUT2D eigenvalue weighted by Crippen LogP contribution is 2.27. The Hall–Kier alpha value is -1.66. The Kier molecular flexibility index (Phi) is 4.86. The molecule has 6 nitrogen and oxygen atoms in total. The van der Waals surface area contributed by atoms with Crippen molar-refractivity contribution in [2.75, 3.05) is 20.8 Å². The van der Waals surface area contributed by atoms with E-state index in [0.717, 1.165) is 5.56 Å². The first-order valence-corrected chi connectivity index (χ1v) is 5.02. The fourth-order valence-corrected chi connectivity index (χ4v) is 1.28. The van der Waals surface area contributed by atoms with Crippen molar-refractivity contribution >= 4 is 5.69 Å². The Morgan fingerprint density at radius 2 is 2.00 bits per heavy atom. The van der Waals surface area contributed by atoms with Crippen molar-refractivity contribution in [1.82, 2.24) is 0 Å². The van der Waals surface area contributed by atoms with Crippen LogP contribution in [0.4, 0.5) is 5.69 Å². The molecule has 0 spiro atoms. The fraction of sp³-hybridized carbons (Fsp3) is 0.455. The van der Waals surface area contributed by atoms with Gasteiger partial charge in [-0.15, -0.1) is 0 Å². The molecule has 0 aliphatic rings. The molecule has 0 atom stereocenters. The lowest BCUT2D eigenvalue weighted by Crippen LogP contribution is -2.22. The molecule has 0 fully saturated rings. The predicted octanol–water partition coefficient (Wildman–Crippen LogP) is 1.90. The average Bonchev–Trinajstić information content (AvgIpc) is 2.31. The van der Waals surface area contributed by atoms with Crippen molar-refractivity contribution in [3.05, 3.63) is 33.9 Å². The minimum atomic E-state index is -0.545. The van der Waals surface area contributed by atoms with Gasteiger partial charge >= 0.3 is 5.69 Å². The number of nitrogens with zero attached hydrogens (tertiary/aromatic N) is 1. The van der Waals surface area contributed by atoms with Crippen LogP contribution in [0.3, 0.4) is 0 Å². The topological polar surface area (TPSA) is 70.8 Å². The van der Waals surface area contributed by atoms with E-state index in [1.807, 2.05) is 0 Å². The van der Waals surface area contributed by atoms with Crippen LogP contribution in [-0.4, -0.2) is 32.0 Å². The minimum Gasteiger partial charge on any atom is -0.481 e. The molecule has 0 bridgehead atoms. The summed E-state index contributed by atoms with van der Waals surface area (Å²) >= 11 is 0. The molecule has 6 heteroatoms. The molecule has 1 aromatic carbocycles. The number of nitro groups is 1. The fourth-order valence-electron chi connectivity index (χ4n) is 1.28. The Morgan fingerprint density at radius 1 is 1.35 bits per heavy atom. The van der Waals surface area contributed by atoms with Crippen LogP contribution in [0.15, 0.2) is 18.2 Å². The first-order chi connectivity index (χ1) is 8.08. The molecule has 0 radical (unpaired) electrons. The number of nitro benzene ring substituents is 1. The molecule has 1 rings (SSSR count). The van der Waals surface area contributed by atoms with Gasteiger partial charge in [-0.2, -0.15) is 0 Å². The molecule has 94 valence electrons. The molecule has 0 heterocycles. The molecule has 0 unspecified atom stereocenters. The summed E-state index contributed by atoms with van der Waals surface area (Å²) in [6.45, 7) is 1.88. The lowest BCUT2D eigenvalue weighted by atomic mass is 10.2. The molecule has 0 aliphatic heterocycles. The maximum atomic E-state index is 10.8. The van der Waals surface area contributed by atoms with E-state index in [0.29, 0.717) is 0 Å². The summed E-state index contributed by atoms with van der Waals surface area (Å²) in [5.41, 5.74) is 0.745. The van der Waals surface area contributed by atoms with E-state index in [1.54, 1.807) is 19.1 Å². The number of benzene rings is 1. The van der Waals surface area contributed by atoms with Gasteiger partial charge in [0.15, 0.2) is 12.0 Å². The third-order valence-corrected chi connectivity index (χ3v) is 2.21. The summed E-state index contributed by atoms with van der Waals surface area (Å²) in [4.78, 5) is 10.3. The summed E-state index contributed by atoms with van der Waals surface area (Å²) in [6.07, 6.45) is -0.545. The zero-order chi connectivity index (χ0) is 12.8. The van der Waals surface area contributed by atoms with Crippen LogP contribution < -0.4 is 4.74 Å². The largest absolute Gasteiger partial charge is 0.481 e. The molecule has 1 aromatic rings. The molecular formula is C11H15NO5. The van der Waals surface area contributed by atoms with Gasteiger partial charge in [0.1, 0.15) is 6.61 Å². The third kappa shape index (κ3) is 3.69. The van der Waals surface area contributed by atoms with Gasteiger partial charge in [0.2, 0.25) is 0 Å². The molecule has 0 N–H and O–H groups in total. The second kappa shape index (κ2) is 6.17. The van der Waals surface area contributed by atoms with Gasteiger partial charge in [-0.05, 0) is 18.6 Å². The van der Waals surface area contributed by atoms with Crippen LogP contribution in [0, 0.1) is 17.0 Å². The SMILES string of the molecule is COC(COc1ccc(C)cc1[N+](=O)[O-])OC. The van der Waals surface area contributed by atoms with E-state index in [4.69, 9.17) is 14.2 Å². The van der Waals surface area contributed by atoms with Gasteiger partial charge in [-0.1, -0.05) is 6.07 Å². The summed E-state index contributed by atoms with van der Waals surface area (Å²) in [6, 6.07) is 4.77. The van der Waals surface area contributed by atoms with Crippen LogP contribution in [0.25, 0.3) is 0 Å². The van der Waals surface area contributed by atoms with Crippen molar-refractivity contribution in [2.24, 2.45) is 0 Å². The first-order valence-electron chi connectivity index (χ1n) is 5.02. The Bertz CT molecular complexity index is 389. The number of methoxy groups -OCH3 is 2. The zero-order valence-electron chi connectivity index (χ0n) is 10.0. The van der Waals surface area contributed by atoms with E-state index in [-0.39, 0.29) is 18.0 Å². The lowest BCUT2D eigenvalue weighted by molar-refractivity contribution is -0.386. The highest BCUT2D eigenvalue weighted by molar-refractivity contribution is 5.48. The molecule has 0 aromatic heterocycles. The van der Waals surface area contributed by atoms with Gasteiger partial charge in [-0.25, -0.2) is 0 Å². The van der Waals surface area contributed by atoms with Gasteiger partial charge in [0.05, 0.1) is 4.92 Å². The number of aryl methyl sites for hydroxylation is 1.